The zero-order valence-electron chi connectivity index (χ0n) is 6.88. The Hall–Kier alpha value is -0.860. The Bertz CT molecular complexity index is 463. The highest BCUT2D eigenvalue weighted by atomic mass is 35.5. The zero-order chi connectivity index (χ0) is 9.42. The molecule has 0 spiro atoms. The largest absolute Gasteiger partial charge is 0.216 e. The number of aryl methyl sites for hydroxylation is 1. The lowest BCUT2D eigenvalue weighted by Gasteiger charge is -2.01. The average Bonchev–Trinajstić information content (AvgIpc) is 2.02. The monoisotopic (exact) mass is 212 g/mol. The molecule has 0 bridgehead atoms. The van der Waals surface area contributed by atoms with Crippen LogP contribution in [0.15, 0.2) is 18.2 Å². The number of nitrogens with zero attached hydrogens (tertiary/aromatic N) is 2. The van der Waals surface area contributed by atoms with Crippen LogP contribution in [0.5, 0.6) is 0 Å². The lowest BCUT2D eigenvalue weighted by atomic mass is 10.2. The van der Waals surface area contributed by atoms with Gasteiger partial charge < -0.3 is 0 Å². The van der Waals surface area contributed by atoms with Gasteiger partial charge in [-0.2, -0.15) is 0 Å². The minimum absolute atomic E-state index is 0.432. The van der Waals surface area contributed by atoms with Crippen molar-refractivity contribution in [3.05, 3.63) is 34.1 Å². The molecular formula is C9H6Cl2N2. The van der Waals surface area contributed by atoms with Crippen molar-refractivity contribution in [3.63, 3.8) is 0 Å². The molecule has 0 radical (unpaired) electrons. The van der Waals surface area contributed by atoms with Gasteiger partial charge in [0.2, 0.25) is 0 Å². The molecule has 0 atom stereocenters. The second-order valence-corrected chi connectivity index (χ2v) is 3.54. The number of fused-ring (bicyclic) bond motifs is 1. The maximum Gasteiger partial charge on any atom is 0.162 e. The van der Waals surface area contributed by atoms with Gasteiger partial charge in [0.25, 0.3) is 0 Å². The fourth-order valence-corrected chi connectivity index (χ4v) is 1.59. The molecule has 2 aromatic heterocycles. The first-order chi connectivity index (χ1) is 6.16. The molecule has 2 nitrogen and oxygen atoms in total. The summed E-state index contributed by atoms with van der Waals surface area (Å²) in [6.45, 7) is 1.96. The predicted octanol–water partition coefficient (Wildman–Crippen LogP) is 3.25. The Labute approximate surface area is 85.5 Å². The van der Waals surface area contributed by atoms with Gasteiger partial charge in [-0.05, 0) is 30.7 Å². The summed E-state index contributed by atoms with van der Waals surface area (Å²) < 4.78 is 0. The Morgan fingerprint density at radius 1 is 1.08 bits per heavy atom. The summed E-state index contributed by atoms with van der Waals surface area (Å²) in [6.07, 6.45) is 0. The van der Waals surface area contributed by atoms with Gasteiger partial charge in [0.15, 0.2) is 5.65 Å². The lowest BCUT2D eigenvalue weighted by Crippen LogP contribution is -1.87. The van der Waals surface area contributed by atoms with E-state index >= 15 is 0 Å². The van der Waals surface area contributed by atoms with Crippen LogP contribution in [-0.2, 0) is 0 Å². The summed E-state index contributed by atoms with van der Waals surface area (Å²) >= 11 is 11.5. The Morgan fingerprint density at radius 2 is 1.77 bits per heavy atom. The molecule has 0 fully saturated rings. The summed E-state index contributed by atoms with van der Waals surface area (Å²) in [7, 11) is 0. The van der Waals surface area contributed by atoms with E-state index in [0.29, 0.717) is 16.0 Å². The lowest BCUT2D eigenvalue weighted by molar-refractivity contribution is 1.27. The van der Waals surface area contributed by atoms with Crippen molar-refractivity contribution in [3.8, 4) is 0 Å². The van der Waals surface area contributed by atoms with E-state index in [1.807, 2.05) is 13.0 Å². The van der Waals surface area contributed by atoms with E-state index in [-0.39, 0.29) is 0 Å². The molecule has 2 heterocycles. The van der Waals surface area contributed by atoms with E-state index in [2.05, 4.69) is 9.97 Å². The molecule has 66 valence electrons. The number of rotatable bonds is 0. The normalized spacial score (nSPS) is 10.7. The van der Waals surface area contributed by atoms with E-state index in [0.717, 1.165) is 10.9 Å². The SMILES string of the molecule is Cc1cc(Cl)nc2nc(Cl)ccc12. The molecule has 0 amide bonds. The molecular weight excluding hydrogens is 207 g/mol. The highest BCUT2D eigenvalue weighted by molar-refractivity contribution is 6.30. The zero-order valence-corrected chi connectivity index (χ0v) is 8.39. The summed E-state index contributed by atoms with van der Waals surface area (Å²) in [4.78, 5) is 8.13. The van der Waals surface area contributed by atoms with Crippen molar-refractivity contribution in [2.24, 2.45) is 0 Å². The van der Waals surface area contributed by atoms with Crippen LogP contribution in [0.1, 0.15) is 5.56 Å². The minimum atomic E-state index is 0.432. The fraction of sp³-hybridized carbons (Fsp3) is 0.111. The quantitative estimate of drug-likeness (QED) is 0.627. The van der Waals surface area contributed by atoms with Gasteiger partial charge in [0, 0.05) is 5.39 Å². The van der Waals surface area contributed by atoms with Crippen molar-refractivity contribution in [1.29, 1.82) is 0 Å². The number of hydrogen-bond donors (Lipinski definition) is 0. The molecule has 13 heavy (non-hydrogen) atoms. The standard InChI is InChI=1S/C9H6Cl2N2/c1-5-4-8(11)13-9-6(5)2-3-7(10)12-9/h2-4H,1H3. The topological polar surface area (TPSA) is 25.8 Å². The highest BCUT2D eigenvalue weighted by Crippen LogP contribution is 2.20. The smallest absolute Gasteiger partial charge is 0.162 e. The van der Waals surface area contributed by atoms with Crippen LogP contribution in [0.25, 0.3) is 11.0 Å². The molecule has 0 saturated heterocycles. The molecule has 4 heteroatoms. The number of aromatic nitrogens is 2. The van der Waals surface area contributed by atoms with E-state index in [1.54, 1.807) is 12.1 Å². The maximum absolute atomic E-state index is 5.78. The van der Waals surface area contributed by atoms with Crippen LogP contribution in [0.3, 0.4) is 0 Å². The van der Waals surface area contributed by atoms with Crippen molar-refractivity contribution in [2.75, 3.05) is 0 Å². The second-order valence-electron chi connectivity index (χ2n) is 2.77. The molecule has 2 aromatic rings. The van der Waals surface area contributed by atoms with Gasteiger partial charge in [-0.15, -0.1) is 0 Å². The predicted molar refractivity (Wildman–Crippen MR) is 54.3 cm³/mol. The van der Waals surface area contributed by atoms with Crippen LogP contribution in [0.2, 0.25) is 10.3 Å². The first-order valence-electron chi connectivity index (χ1n) is 3.76. The van der Waals surface area contributed by atoms with Crippen molar-refractivity contribution >= 4 is 34.2 Å². The van der Waals surface area contributed by atoms with Crippen LogP contribution >= 0.6 is 23.2 Å². The molecule has 0 aromatic carbocycles. The molecule has 0 aliphatic carbocycles. The molecule has 0 aliphatic heterocycles. The summed E-state index contributed by atoms with van der Waals surface area (Å²) in [5, 5.41) is 1.86. The van der Waals surface area contributed by atoms with E-state index in [9.17, 15) is 0 Å². The molecule has 0 aliphatic rings. The minimum Gasteiger partial charge on any atom is -0.216 e. The molecule has 0 saturated carbocycles. The Morgan fingerprint density at radius 3 is 2.54 bits per heavy atom. The van der Waals surface area contributed by atoms with Crippen LogP contribution in [0.4, 0.5) is 0 Å². The van der Waals surface area contributed by atoms with Crippen molar-refractivity contribution < 1.29 is 0 Å². The molecule has 0 unspecified atom stereocenters. The van der Waals surface area contributed by atoms with Gasteiger partial charge >= 0.3 is 0 Å². The second kappa shape index (κ2) is 3.13. The Kier molecular flexibility index (Phi) is 2.10. The van der Waals surface area contributed by atoms with E-state index in [1.165, 1.54) is 0 Å². The van der Waals surface area contributed by atoms with E-state index in [4.69, 9.17) is 23.2 Å². The Balaban J connectivity index is 2.86. The summed E-state index contributed by atoms with van der Waals surface area (Å²) in [6, 6.07) is 5.44. The van der Waals surface area contributed by atoms with E-state index < -0.39 is 0 Å². The fourth-order valence-electron chi connectivity index (χ4n) is 1.21. The van der Waals surface area contributed by atoms with Gasteiger partial charge in [0.1, 0.15) is 10.3 Å². The van der Waals surface area contributed by atoms with Crippen LogP contribution in [0, 0.1) is 6.92 Å². The van der Waals surface area contributed by atoms with Crippen molar-refractivity contribution in [1.82, 2.24) is 9.97 Å². The third-order valence-electron chi connectivity index (χ3n) is 1.81. The first-order valence-corrected chi connectivity index (χ1v) is 4.52. The van der Waals surface area contributed by atoms with Gasteiger partial charge in [-0.3, -0.25) is 0 Å². The molecule has 2 rings (SSSR count). The number of pyridine rings is 2. The highest BCUT2D eigenvalue weighted by Gasteiger charge is 2.02. The molecule has 0 N–H and O–H groups in total. The first kappa shape index (κ1) is 8.73. The third kappa shape index (κ3) is 1.60. The van der Waals surface area contributed by atoms with Crippen molar-refractivity contribution in [2.45, 2.75) is 6.92 Å². The summed E-state index contributed by atoms with van der Waals surface area (Å²) in [5.74, 6) is 0. The number of halogens is 2. The third-order valence-corrected chi connectivity index (χ3v) is 2.22. The van der Waals surface area contributed by atoms with Gasteiger partial charge in [-0.1, -0.05) is 23.2 Å². The van der Waals surface area contributed by atoms with Crippen LogP contribution < -0.4 is 0 Å². The van der Waals surface area contributed by atoms with Crippen LogP contribution in [-0.4, -0.2) is 9.97 Å². The van der Waals surface area contributed by atoms with Gasteiger partial charge in [0.05, 0.1) is 0 Å². The summed E-state index contributed by atoms with van der Waals surface area (Å²) in [5.41, 5.74) is 1.65. The maximum atomic E-state index is 5.78. The average molecular weight is 213 g/mol. The number of hydrogen-bond acceptors (Lipinski definition) is 2. The van der Waals surface area contributed by atoms with Gasteiger partial charge in [-0.25, -0.2) is 9.97 Å².